The van der Waals surface area contributed by atoms with Crippen LogP contribution in [-0.2, 0) is 0 Å². The molecule has 0 aliphatic carbocycles. The molecular formula is C17H18ClN3O4. The molecule has 132 valence electrons. The fourth-order valence-corrected chi connectivity index (χ4v) is 2.26. The molecule has 0 fully saturated rings. The van der Waals surface area contributed by atoms with E-state index in [0.29, 0.717) is 25.3 Å². The topological polar surface area (TPSA) is 93.5 Å². The molecule has 2 amide bonds. The molecule has 0 radical (unpaired) electrons. The zero-order chi connectivity index (χ0) is 18.2. The van der Waals surface area contributed by atoms with Crippen LogP contribution in [0.25, 0.3) is 0 Å². The van der Waals surface area contributed by atoms with E-state index in [0.717, 1.165) is 11.3 Å². The summed E-state index contributed by atoms with van der Waals surface area (Å²) in [7, 11) is 0. The molecule has 8 heteroatoms. The van der Waals surface area contributed by atoms with Crippen molar-refractivity contribution in [2.75, 3.05) is 18.5 Å². The molecule has 0 aromatic heterocycles. The molecule has 0 saturated heterocycles. The summed E-state index contributed by atoms with van der Waals surface area (Å²) in [6, 6.07) is 11.3. The molecule has 0 aliphatic heterocycles. The summed E-state index contributed by atoms with van der Waals surface area (Å²) in [6.07, 6.45) is 0.627. The lowest BCUT2D eigenvalue weighted by Crippen LogP contribution is -2.30. The lowest BCUT2D eigenvalue weighted by molar-refractivity contribution is -0.384. The highest BCUT2D eigenvalue weighted by molar-refractivity contribution is 6.32. The van der Waals surface area contributed by atoms with Gasteiger partial charge < -0.3 is 15.4 Å². The molecule has 2 N–H and O–H groups in total. The normalized spacial score (nSPS) is 10.2. The number of hydrogen-bond acceptors (Lipinski definition) is 4. The van der Waals surface area contributed by atoms with Crippen LogP contribution in [0.1, 0.15) is 12.0 Å². The van der Waals surface area contributed by atoms with Crippen LogP contribution in [0.15, 0.2) is 42.5 Å². The molecular weight excluding hydrogens is 346 g/mol. The molecule has 2 aromatic rings. The van der Waals surface area contributed by atoms with E-state index in [-0.39, 0.29) is 10.7 Å². The second-order valence-corrected chi connectivity index (χ2v) is 5.73. The van der Waals surface area contributed by atoms with E-state index in [2.05, 4.69) is 10.6 Å². The maximum absolute atomic E-state index is 11.8. The Bertz CT molecular complexity index is 767. The van der Waals surface area contributed by atoms with Crippen molar-refractivity contribution in [1.82, 2.24) is 5.32 Å². The standard InChI is InChI=1S/C17H18ClN3O4/c1-12-4-2-5-14(10-12)25-9-3-8-19-17(22)20-13-6-7-15(18)16(11-13)21(23)24/h2,4-7,10-11H,3,8-9H2,1H3,(H2,19,20,22). The minimum atomic E-state index is -0.603. The van der Waals surface area contributed by atoms with Gasteiger partial charge in [0.15, 0.2) is 0 Å². The predicted molar refractivity (Wildman–Crippen MR) is 96.4 cm³/mol. The number of halogens is 1. The number of ether oxygens (including phenoxy) is 1. The number of hydrogen-bond donors (Lipinski definition) is 2. The number of carbonyl (C=O) groups excluding carboxylic acids is 1. The Balaban J connectivity index is 1.72. The van der Waals surface area contributed by atoms with Gasteiger partial charge in [-0.1, -0.05) is 23.7 Å². The molecule has 0 saturated carbocycles. The highest BCUT2D eigenvalue weighted by atomic mass is 35.5. The second-order valence-electron chi connectivity index (χ2n) is 5.32. The largest absolute Gasteiger partial charge is 0.494 e. The molecule has 0 heterocycles. The van der Waals surface area contributed by atoms with Crippen molar-refractivity contribution < 1.29 is 14.5 Å². The highest BCUT2D eigenvalue weighted by Gasteiger charge is 2.13. The Labute approximate surface area is 150 Å². The Morgan fingerprint density at radius 2 is 2.08 bits per heavy atom. The van der Waals surface area contributed by atoms with E-state index < -0.39 is 11.0 Å². The van der Waals surface area contributed by atoms with Crippen molar-refractivity contribution in [2.24, 2.45) is 0 Å². The van der Waals surface area contributed by atoms with Crippen molar-refractivity contribution in [3.8, 4) is 5.75 Å². The van der Waals surface area contributed by atoms with Crippen molar-refractivity contribution in [3.05, 3.63) is 63.2 Å². The van der Waals surface area contributed by atoms with Crippen molar-refractivity contribution in [2.45, 2.75) is 13.3 Å². The molecule has 2 rings (SSSR count). The maximum atomic E-state index is 11.8. The van der Waals surface area contributed by atoms with Crippen LogP contribution < -0.4 is 15.4 Å². The minimum absolute atomic E-state index is 0.0178. The number of nitro benzene ring substituents is 1. The number of benzene rings is 2. The fraction of sp³-hybridized carbons (Fsp3) is 0.235. The van der Waals surface area contributed by atoms with Crippen LogP contribution in [0.5, 0.6) is 5.75 Å². The van der Waals surface area contributed by atoms with Gasteiger partial charge in [0.1, 0.15) is 10.8 Å². The first kappa shape index (κ1) is 18.5. The van der Waals surface area contributed by atoms with E-state index in [1.54, 1.807) is 0 Å². The average Bonchev–Trinajstić information content (AvgIpc) is 2.56. The molecule has 7 nitrogen and oxygen atoms in total. The Hall–Kier alpha value is -2.80. The van der Waals surface area contributed by atoms with Crippen LogP contribution in [0.2, 0.25) is 5.02 Å². The molecule has 0 atom stereocenters. The first-order chi connectivity index (χ1) is 12.0. The first-order valence-corrected chi connectivity index (χ1v) is 8.02. The molecule has 0 bridgehead atoms. The summed E-state index contributed by atoms with van der Waals surface area (Å²) in [5.41, 5.74) is 1.16. The number of nitrogens with zero attached hydrogens (tertiary/aromatic N) is 1. The van der Waals surface area contributed by atoms with E-state index in [9.17, 15) is 14.9 Å². The smallest absolute Gasteiger partial charge is 0.319 e. The quantitative estimate of drug-likeness (QED) is 0.439. The van der Waals surface area contributed by atoms with Crippen LogP contribution >= 0.6 is 11.6 Å². The molecule has 2 aromatic carbocycles. The minimum Gasteiger partial charge on any atom is -0.494 e. The van der Waals surface area contributed by atoms with Crippen LogP contribution in [0, 0.1) is 17.0 Å². The van der Waals surface area contributed by atoms with Gasteiger partial charge in [0.25, 0.3) is 5.69 Å². The Kier molecular flexibility index (Phi) is 6.59. The van der Waals surface area contributed by atoms with E-state index in [4.69, 9.17) is 16.3 Å². The van der Waals surface area contributed by atoms with Gasteiger partial charge >= 0.3 is 6.03 Å². The number of nitrogens with one attached hydrogen (secondary N) is 2. The highest BCUT2D eigenvalue weighted by Crippen LogP contribution is 2.27. The Morgan fingerprint density at radius 1 is 1.28 bits per heavy atom. The van der Waals surface area contributed by atoms with E-state index in [1.165, 1.54) is 18.2 Å². The van der Waals surface area contributed by atoms with Gasteiger partial charge in [0.05, 0.1) is 11.5 Å². The van der Waals surface area contributed by atoms with Crippen LogP contribution in [0.4, 0.5) is 16.2 Å². The summed E-state index contributed by atoms with van der Waals surface area (Å²) in [6.45, 7) is 2.86. The zero-order valence-electron chi connectivity index (χ0n) is 13.6. The van der Waals surface area contributed by atoms with Gasteiger partial charge in [0.2, 0.25) is 0 Å². The fourth-order valence-electron chi connectivity index (χ4n) is 2.07. The molecule has 0 aliphatic rings. The monoisotopic (exact) mass is 363 g/mol. The summed E-state index contributed by atoms with van der Waals surface area (Å²) in [5, 5.41) is 16.0. The van der Waals surface area contributed by atoms with E-state index in [1.807, 2.05) is 31.2 Å². The van der Waals surface area contributed by atoms with Gasteiger partial charge in [-0.3, -0.25) is 10.1 Å². The summed E-state index contributed by atoms with van der Waals surface area (Å²) < 4.78 is 5.58. The number of carbonyl (C=O) groups is 1. The van der Waals surface area contributed by atoms with E-state index >= 15 is 0 Å². The lowest BCUT2D eigenvalue weighted by Gasteiger charge is -2.09. The second kappa shape index (κ2) is 8.89. The Morgan fingerprint density at radius 3 is 2.80 bits per heavy atom. The number of anilines is 1. The third-order valence-corrected chi connectivity index (χ3v) is 3.59. The molecule has 0 spiro atoms. The third kappa shape index (κ3) is 5.96. The average molecular weight is 364 g/mol. The van der Waals surface area contributed by atoms with Gasteiger partial charge in [-0.2, -0.15) is 0 Å². The van der Waals surface area contributed by atoms with Crippen molar-refractivity contribution in [1.29, 1.82) is 0 Å². The van der Waals surface area contributed by atoms with Crippen molar-refractivity contribution in [3.63, 3.8) is 0 Å². The summed E-state index contributed by atoms with van der Waals surface area (Å²) in [4.78, 5) is 22.0. The third-order valence-electron chi connectivity index (χ3n) is 3.27. The number of rotatable bonds is 7. The zero-order valence-corrected chi connectivity index (χ0v) is 14.4. The number of nitro groups is 1. The molecule has 0 unspecified atom stereocenters. The number of aryl methyl sites for hydroxylation is 1. The lowest BCUT2D eigenvalue weighted by atomic mass is 10.2. The SMILES string of the molecule is Cc1cccc(OCCCNC(=O)Nc2ccc(Cl)c([N+](=O)[O-])c2)c1. The van der Waals surface area contributed by atoms with Gasteiger partial charge in [0, 0.05) is 18.3 Å². The van der Waals surface area contributed by atoms with Crippen molar-refractivity contribution >= 4 is 29.0 Å². The van der Waals surface area contributed by atoms with Crippen LogP contribution in [0.3, 0.4) is 0 Å². The van der Waals surface area contributed by atoms with Gasteiger partial charge in [-0.05, 0) is 43.2 Å². The van der Waals surface area contributed by atoms with Gasteiger partial charge in [-0.25, -0.2) is 4.79 Å². The predicted octanol–water partition coefficient (Wildman–Crippen LogP) is 4.15. The number of amides is 2. The molecule has 25 heavy (non-hydrogen) atoms. The maximum Gasteiger partial charge on any atom is 0.319 e. The van der Waals surface area contributed by atoms with Gasteiger partial charge in [-0.15, -0.1) is 0 Å². The first-order valence-electron chi connectivity index (χ1n) is 7.64. The summed E-state index contributed by atoms with van der Waals surface area (Å²) in [5.74, 6) is 0.790. The van der Waals surface area contributed by atoms with Crippen LogP contribution in [-0.4, -0.2) is 24.1 Å². The summed E-state index contributed by atoms with van der Waals surface area (Å²) >= 11 is 5.72. The number of urea groups is 1.